The molecule has 0 aromatic heterocycles. The monoisotopic (exact) mass is 509 g/mol. The summed E-state index contributed by atoms with van der Waals surface area (Å²) in [4.78, 5) is 19.3. The lowest BCUT2D eigenvalue weighted by Crippen LogP contribution is -2.49. The van der Waals surface area contributed by atoms with Gasteiger partial charge in [-0.1, -0.05) is 6.92 Å². The van der Waals surface area contributed by atoms with Gasteiger partial charge in [-0.3, -0.25) is 14.6 Å². The molecule has 0 bridgehead atoms. The van der Waals surface area contributed by atoms with Crippen LogP contribution in [0.25, 0.3) is 0 Å². The molecule has 3 heterocycles. The molecule has 0 aliphatic carbocycles. The number of nitrogens with one attached hydrogen (secondary N) is 1. The fourth-order valence-corrected chi connectivity index (χ4v) is 6.67. The molecule has 3 aliphatic rings. The average molecular weight is 510 g/mol. The summed E-state index contributed by atoms with van der Waals surface area (Å²) in [6.07, 6.45) is 0.999. The van der Waals surface area contributed by atoms with Crippen LogP contribution in [0.5, 0.6) is 5.75 Å². The number of likely N-dealkylation sites (N-methyl/N-ethyl adjacent to an activating group) is 1. The lowest BCUT2D eigenvalue weighted by atomic mass is 9.97. The summed E-state index contributed by atoms with van der Waals surface area (Å²) in [5, 5.41) is 3.07. The average Bonchev–Trinajstić information content (AvgIpc) is 3.16. The van der Waals surface area contributed by atoms with Crippen molar-refractivity contribution in [2.24, 2.45) is 0 Å². The fraction of sp³-hybridized carbons (Fsp3) is 0.625. The SMILES string of the molecule is CCCN1CC2=C(C(=O)NC2c2cc(S(=O)(=O)N3CCN(CCF)CC3)ccc2OCC)N(C)C1. The van der Waals surface area contributed by atoms with E-state index in [4.69, 9.17) is 4.74 Å². The molecule has 1 aromatic rings. The van der Waals surface area contributed by atoms with Crippen LogP contribution in [0.1, 0.15) is 31.9 Å². The maximum Gasteiger partial charge on any atom is 0.268 e. The van der Waals surface area contributed by atoms with Gasteiger partial charge in [-0.25, -0.2) is 12.8 Å². The van der Waals surface area contributed by atoms with E-state index < -0.39 is 22.7 Å². The van der Waals surface area contributed by atoms with E-state index in [-0.39, 0.29) is 10.8 Å². The second kappa shape index (κ2) is 10.8. The first-order valence-electron chi connectivity index (χ1n) is 12.3. The van der Waals surface area contributed by atoms with Crippen molar-refractivity contribution in [1.29, 1.82) is 0 Å². The molecule has 4 rings (SSSR count). The molecular weight excluding hydrogens is 473 g/mol. The number of benzene rings is 1. The van der Waals surface area contributed by atoms with Crippen molar-refractivity contribution in [3.8, 4) is 5.75 Å². The molecule has 1 fully saturated rings. The van der Waals surface area contributed by atoms with Crippen molar-refractivity contribution in [2.75, 3.05) is 72.8 Å². The van der Waals surface area contributed by atoms with Gasteiger partial charge in [-0.2, -0.15) is 4.31 Å². The first-order valence-corrected chi connectivity index (χ1v) is 13.8. The summed E-state index contributed by atoms with van der Waals surface area (Å²) in [5.74, 6) is 0.414. The third-order valence-corrected chi connectivity index (χ3v) is 8.73. The predicted molar refractivity (Wildman–Crippen MR) is 131 cm³/mol. The van der Waals surface area contributed by atoms with Gasteiger partial charge >= 0.3 is 0 Å². The van der Waals surface area contributed by atoms with E-state index in [1.54, 1.807) is 18.2 Å². The number of rotatable bonds is 9. The number of piperazine rings is 1. The number of halogens is 1. The predicted octanol–water partition coefficient (Wildman–Crippen LogP) is 1.40. The van der Waals surface area contributed by atoms with Crippen molar-refractivity contribution >= 4 is 15.9 Å². The van der Waals surface area contributed by atoms with Crippen LogP contribution in [0.4, 0.5) is 4.39 Å². The molecule has 1 atom stereocenters. The van der Waals surface area contributed by atoms with Gasteiger partial charge in [0.25, 0.3) is 5.91 Å². The Kier molecular flexibility index (Phi) is 7.99. The lowest BCUT2D eigenvalue weighted by Gasteiger charge is -2.35. The Morgan fingerprint density at radius 2 is 1.86 bits per heavy atom. The first-order chi connectivity index (χ1) is 16.8. The summed E-state index contributed by atoms with van der Waals surface area (Å²) < 4.78 is 47.0. The summed E-state index contributed by atoms with van der Waals surface area (Å²) in [6, 6.07) is 4.44. The Bertz CT molecular complexity index is 1070. The summed E-state index contributed by atoms with van der Waals surface area (Å²) >= 11 is 0. The number of hydrogen-bond donors (Lipinski definition) is 1. The van der Waals surface area contributed by atoms with E-state index in [0.29, 0.717) is 69.6 Å². The highest BCUT2D eigenvalue weighted by molar-refractivity contribution is 7.89. The largest absolute Gasteiger partial charge is 0.494 e. The van der Waals surface area contributed by atoms with Gasteiger partial charge in [0.1, 0.15) is 18.1 Å². The number of carbonyl (C=O) groups is 1. The fourth-order valence-electron chi connectivity index (χ4n) is 5.21. The van der Waals surface area contributed by atoms with Crippen LogP contribution in [0.3, 0.4) is 0 Å². The standard InChI is InChI=1S/C24H36FN5O4S/c1-4-9-29-16-20-22(26-24(31)23(20)27(3)17-29)19-15-18(6-7-21(19)34-5-2)35(32,33)30-13-11-28(10-8-25)12-14-30/h6-7,15,22H,4-5,8-14,16-17H2,1-3H3,(H,26,31). The van der Waals surface area contributed by atoms with Crippen LogP contribution in [-0.4, -0.2) is 106 Å². The molecule has 1 aromatic carbocycles. The topological polar surface area (TPSA) is 85.4 Å². The van der Waals surface area contributed by atoms with Crippen molar-refractivity contribution in [1.82, 2.24) is 24.3 Å². The number of carbonyl (C=O) groups excluding carboxylic acids is 1. The third kappa shape index (κ3) is 5.18. The van der Waals surface area contributed by atoms with Gasteiger partial charge in [-0.05, 0) is 43.7 Å². The summed E-state index contributed by atoms with van der Waals surface area (Å²) in [5.41, 5.74) is 2.24. The van der Waals surface area contributed by atoms with Gasteiger partial charge in [0, 0.05) is 51.9 Å². The van der Waals surface area contributed by atoms with Crippen LogP contribution in [0.2, 0.25) is 0 Å². The number of sulfonamides is 1. The Morgan fingerprint density at radius 3 is 2.51 bits per heavy atom. The van der Waals surface area contributed by atoms with E-state index >= 15 is 0 Å². The minimum atomic E-state index is -3.75. The Labute approximate surface area is 207 Å². The minimum Gasteiger partial charge on any atom is -0.494 e. The Balaban J connectivity index is 1.67. The molecule has 11 heteroatoms. The van der Waals surface area contributed by atoms with Crippen LogP contribution in [-0.2, 0) is 14.8 Å². The Hall–Kier alpha value is -2.21. The van der Waals surface area contributed by atoms with Crippen LogP contribution < -0.4 is 10.1 Å². The van der Waals surface area contributed by atoms with Gasteiger partial charge in [0.2, 0.25) is 10.0 Å². The van der Waals surface area contributed by atoms with Crippen molar-refractivity contribution in [3.05, 3.63) is 35.0 Å². The molecule has 1 amide bonds. The molecule has 1 unspecified atom stereocenters. The van der Waals surface area contributed by atoms with E-state index in [1.165, 1.54) is 4.31 Å². The number of alkyl halides is 1. The van der Waals surface area contributed by atoms with Gasteiger partial charge in [0.15, 0.2) is 0 Å². The molecule has 194 valence electrons. The van der Waals surface area contributed by atoms with Gasteiger partial charge in [-0.15, -0.1) is 0 Å². The van der Waals surface area contributed by atoms with Gasteiger partial charge < -0.3 is 15.0 Å². The molecular formula is C24H36FN5O4S. The molecule has 0 radical (unpaired) electrons. The highest BCUT2D eigenvalue weighted by Gasteiger charge is 2.40. The van der Waals surface area contributed by atoms with E-state index in [1.807, 2.05) is 23.8 Å². The summed E-state index contributed by atoms with van der Waals surface area (Å²) in [6.45, 7) is 8.15. The molecule has 3 aliphatic heterocycles. The first kappa shape index (κ1) is 25.9. The molecule has 35 heavy (non-hydrogen) atoms. The van der Waals surface area contributed by atoms with Crippen LogP contribution in [0, 0.1) is 0 Å². The van der Waals surface area contributed by atoms with Crippen molar-refractivity contribution < 1.29 is 22.3 Å². The maximum atomic E-state index is 13.5. The second-order valence-corrected chi connectivity index (χ2v) is 11.2. The number of nitrogens with zero attached hydrogens (tertiary/aromatic N) is 4. The lowest BCUT2D eigenvalue weighted by molar-refractivity contribution is -0.118. The maximum absolute atomic E-state index is 13.5. The normalized spacial score (nSPS) is 22.5. The molecule has 0 spiro atoms. The number of ether oxygens (including phenoxy) is 1. The minimum absolute atomic E-state index is 0.150. The zero-order valence-electron chi connectivity index (χ0n) is 20.8. The summed E-state index contributed by atoms with van der Waals surface area (Å²) in [7, 11) is -1.84. The zero-order chi connectivity index (χ0) is 25.2. The molecule has 9 nitrogen and oxygen atoms in total. The molecule has 1 saturated heterocycles. The molecule has 1 N–H and O–H groups in total. The smallest absolute Gasteiger partial charge is 0.268 e. The highest BCUT2D eigenvalue weighted by atomic mass is 32.2. The Morgan fingerprint density at radius 1 is 1.11 bits per heavy atom. The van der Waals surface area contributed by atoms with Gasteiger partial charge in [0.05, 0.1) is 24.2 Å². The van der Waals surface area contributed by atoms with E-state index in [2.05, 4.69) is 17.1 Å². The van der Waals surface area contributed by atoms with Crippen molar-refractivity contribution in [3.63, 3.8) is 0 Å². The van der Waals surface area contributed by atoms with Crippen LogP contribution >= 0.6 is 0 Å². The van der Waals surface area contributed by atoms with E-state index in [0.717, 1.165) is 18.5 Å². The molecule has 0 saturated carbocycles. The third-order valence-electron chi connectivity index (χ3n) is 6.83. The quantitative estimate of drug-likeness (QED) is 0.539. The second-order valence-electron chi connectivity index (χ2n) is 9.24. The van der Waals surface area contributed by atoms with Crippen molar-refractivity contribution in [2.45, 2.75) is 31.2 Å². The number of amides is 1. The highest BCUT2D eigenvalue weighted by Crippen LogP contribution is 2.39. The number of hydrogen-bond acceptors (Lipinski definition) is 7. The zero-order valence-corrected chi connectivity index (χ0v) is 21.6. The van der Waals surface area contributed by atoms with Crippen LogP contribution in [0.15, 0.2) is 34.4 Å². The van der Waals surface area contributed by atoms with E-state index in [9.17, 15) is 17.6 Å².